The van der Waals surface area contributed by atoms with Crippen molar-refractivity contribution in [2.24, 2.45) is 11.8 Å². The van der Waals surface area contributed by atoms with E-state index < -0.39 is 0 Å². The highest BCUT2D eigenvalue weighted by atomic mass is 15.0. The SMILES string of the molecule is CC(C)CC1(CC2CC2)CCCN1. The molecule has 1 saturated carbocycles. The second kappa shape index (κ2) is 3.61. The zero-order valence-corrected chi connectivity index (χ0v) is 9.10. The summed E-state index contributed by atoms with van der Waals surface area (Å²) in [5.41, 5.74) is 0.551. The van der Waals surface area contributed by atoms with Gasteiger partial charge in [-0.2, -0.15) is 0 Å². The first-order valence-corrected chi connectivity index (χ1v) is 5.95. The third kappa shape index (κ3) is 2.46. The summed E-state index contributed by atoms with van der Waals surface area (Å²) in [6.07, 6.45) is 8.69. The van der Waals surface area contributed by atoms with Gasteiger partial charge in [-0.05, 0) is 44.1 Å². The van der Waals surface area contributed by atoms with Gasteiger partial charge in [0.2, 0.25) is 0 Å². The summed E-state index contributed by atoms with van der Waals surface area (Å²) < 4.78 is 0. The Morgan fingerprint density at radius 3 is 2.62 bits per heavy atom. The highest BCUT2D eigenvalue weighted by molar-refractivity contribution is 4.97. The predicted molar refractivity (Wildman–Crippen MR) is 56.8 cm³/mol. The molecule has 2 rings (SSSR count). The summed E-state index contributed by atoms with van der Waals surface area (Å²) in [6.45, 7) is 5.97. The molecule has 13 heavy (non-hydrogen) atoms. The van der Waals surface area contributed by atoms with E-state index in [9.17, 15) is 0 Å². The van der Waals surface area contributed by atoms with Crippen molar-refractivity contribution in [1.82, 2.24) is 5.32 Å². The normalized spacial score (nSPS) is 34.4. The highest BCUT2D eigenvalue weighted by Crippen LogP contribution is 2.42. The van der Waals surface area contributed by atoms with Gasteiger partial charge in [-0.25, -0.2) is 0 Å². The Kier molecular flexibility index (Phi) is 2.64. The van der Waals surface area contributed by atoms with E-state index in [4.69, 9.17) is 0 Å². The van der Waals surface area contributed by atoms with Crippen LogP contribution < -0.4 is 5.32 Å². The van der Waals surface area contributed by atoms with Crippen LogP contribution >= 0.6 is 0 Å². The van der Waals surface area contributed by atoms with E-state index in [-0.39, 0.29) is 0 Å². The van der Waals surface area contributed by atoms with Crippen LogP contribution in [0, 0.1) is 11.8 Å². The molecule has 1 aliphatic carbocycles. The summed E-state index contributed by atoms with van der Waals surface area (Å²) in [5.74, 6) is 1.92. The molecule has 0 bridgehead atoms. The van der Waals surface area contributed by atoms with Crippen LogP contribution in [0.25, 0.3) is 0 Å². The number of nitrogens with one attached hydrogen (secondary N) is 1. The predicted octanol–water partition coefficient (Wildman–Crippen LogP) is 2.95. The van der Waals surface area contributed by atoms with Crippen molar-refractivity contribution in [2.45, 2.75) is 57.9 Å². The second-order valence-electron chi connectivity index (χ2n) is 5.56. The van der Waals surface area contributed by atoms with Crippen LogP contribution in [-0.4, -0.2) is 12.1 Å². The van der Waals surface area contributed by atoms with Crippen LogP contribution in [0.2, 0.25) is 0 Å². The van der Waals surface area contributed by atoms with Crippen molar-refractivity contribution < 1.29 is 0 Å². The van der Waals surface area contributed by atoms with Gasteiger partial charge >= 0.3 is 0 Å². The van der Waals surface area contributed by atoms with Gasteiger partial charge in [-0.3, -0.25) is 0 Å². The molecule has 2 fully saturated rings. The van der Waals surface area contributed by atoms with Gasteiger partial charge in [0.25, 0.3) is 0 Å². The monoisotopic (exact) mass is 181 g/mol. The van der Waals surface area contributed by atoms with E-state index >= 15 is 0 Å². The van der Waals surface area contributed by atoms with Crippen molar-refractivity contribution in [3.05, 3.63) is 0 Å². The van der Waals surface area contributed by atoms with Crippen LogP contribution in [-0.2, 0) is 0 Å². The van der Waals surface area contributed by atoms with Crippen molar-refractivity contribution in [3.8, 4) is 0 Å². The van der Waals surface area contributed by atoms with Gasteiger partial charge in [-0.15, -0.1) is 0 Å². The van der Waals surface area contributed by atoms with Crippen LogP contribution in [0.5, 0.6) is 0 Å². The van der Waals surface area contributed by atoms with Crippen LogP contribution in [0.15, 0.2) is 0 Å². The molecule has 2 aliphatic rings. The fourth-order valence-corrected chi connectivity index (χ4v) is 2.96. The molecule has 1 heterocycles. The maximum absolute atomic E-state index is 3.77. The van der Waals surface area contributed by atoms with Crippen LogP contribution in [0.1, 0.15) is 52.4 Å². The van der Waals surface area contributed by atoms with E-state index in [0.29, 0.717) is 5.54 Å². The first-order valence-electron chi connectivity index (χ1n) is 5.95. The Morgan fingerprint density at radius 2 is 2.15 bits per heavy atom. The zero-order valence-electron chi connectivity index (χ0n) is 9.10. The standard InChI is InChI=1S/C12H23N/c1-10(2)8-12(6-3-7-13-12)9-11-4-5-11/h10-11,13H,3-9H2,1-2H3. The lowest BCUT2D eigenvalue weighted by Crippen LogP contribution is -2.41. The van der Waals surface area contributed by atoms with Gasteiger partial charge in [0.05, 0.1) is 0 Å². The lowest BCUT2D eigenvalue weighted by atomic mass is 9.83. The minimum atomic E-state index is 0.551. The Labute approximate surface area is 82.3 Å². The number of rotatable bonds is 4. The summed E-state index contributed by atoms with van der Waals surface area (Å²) in [5, 5.41) is 3.77. The van der Waals surface area contributed by atoms with Gasteiger partial charge in [-0.1, -0.05) is 26.7 Å². The van der Waals surface area contributed by atoms with E-state index in [1.807, 2.05) is 0 Å². The summed E-state index contributed by atoms with van der Waals surface area (Å²) in [6, 6.07) is 0. The maximum atomic E-state index is 3.77. The minimum absolute atomic E-state index is 0.551. The smallest absolute Gasteiger partial charge is 0.0187 e. The maximum Gasteiger partial charge on any atom is 0.0187 e. The summed E-state index contributed by atoms with van der Waals surface area (Å²) in [4.78, 5) is 0. The molecule has 1 N–H and O–H groups in total. The van der Waals surface area contributed by atoms with Crippen molar-refractivity contribution in [3.63, 3.8) is 0 Å². The average Bonchev–Trinajstić information content (AvgIpc) is 2.70. The molecule has 1 heteroatoms. The lowest BCUT2D eigenvalue weighted by molar-refractivity contribution is 0.271. The topological polar surface area (TPSA) is 12.0 Å². The molecule has 1 nitrogen and oxygen atoms in total. The molecule has 0 radical (unpaired) electrons. The van der Waals surface area contributed by atoms with Gasteiger partial charge in [0.1, 0.15) is 0 Å². The fourth-order valence-electron chi connectivity index (χ4n) is 2.96. The molecule has 0 amide bonds. The van der Waals surface area contributed by atoms with E-state index in [1.54, 1.807) is 0 Å². The van der Waals surface area contributed by atoms with Gasteiger partial charge in [0.15, 0.2) is 0 Å². The van der Waals surface area contributed by atoms with Crippen molar-refractivity contribution >= 4 is 0 Å². The number of hydrogen-bond donors (Lipinski definition) is 1. The average molecular weight is 181 g/mol. The molecule has 76 valence electrons. The van der Waals surface area contributed by atoms with E-state index in [2.05, 4.69) is 19.2 Å². The van der Waals surface area contributed by atoms with Gasteiger partial charge < -0.3 is 5.32 Å². The Hall–Kier alpha value is -0.0400. The third-order valence-corrected chi connectivity index (χ3v) is 3.51. The molecule has 0 aromatic rings. The quantitative estimate of drug-likeness (QED) is 0.703. The fraction of sp³-hybridized carbons (Fsp3) is 1.00. The largest absolute Gasteiger partial charge is 0.311 e. The Bertz CT molecular complexity index is 158. The van der Waals surface area contributed by atoms with Crippen LogP contribution in [0.4, 0.5) is 0 Å². The Morgan fingerprint density at radius 1 is 1.38 bits per heavy atom. The lowest BCUT2D eigenvalue weighted by Gasteiger charge is -2.31. The Balaban J connectivity index is 1.91. The minimum Gasteiger partial charge on any atom is -0.311 e. The van der Waals surface area contributed by atoms with Crippen LogP contribution in [0.3, 0.4) is 0 Å². The molecule has 1 aliphatic heterocycles. The second-order valence-corrected chi connectivity index (χ2v) is 5.56. The summed E-state index contributed by atoms with van der Waals surface area (Å²) >= 11 is 0. The molecule has 0 spiro atoms. The molecular weight excluding hydrogens is 158 g/mol. The zero-order chi connectivity index (χ0) is 9.31. The molecule has 1 unspecified atom stereocenters. The molecule has 1 saturated heterocycles. The molecule has 0 aromatic carbocycles. The molecule has 1 atom stereocenters. The van der Waals surface area contributed by atoms with E-state index in [0.717, 1.165) is 11.8 Å². The van der Waals surface area contributed by atoms with Crippen molar-refractivity contribution in [1.29, 1.82) is 0 Å². The first kappa shape index (κ1) is 9.51. The molecular formula is C12H23N. The van der Waals surface area contributed by atoms with Crippen molar-refractivity contribution in [2.75, 3.05) is 6.54 Å². The highest BCUT2D eigenvalue weighted by Gasteiger charge is 2.38. The van der Waals surface area contributed by atoms with Gasteiger partial charge in [0, 0.05) is 5.54 Å². The third-order valence-electron chi connectivity index (χ3n) is 3.51. The summed E-state index contributed by atoms with van der Waals surface area (Å²) in [7, 11) is 0. The number of hydrogen-bond acceptors (Lipinski definition) is 1. The van der Waals surface area contributed by atoms with E-state index in [1.165, 1.54) is 45.1 Å². The molecule has 0 aromatic heterocycles. The first-order chi connectivity index (χ1) is 6.20.